The smallest absolute Gasteiger partial charge is 0.243 e. The molecule has 0 amide bonds. The molecule has 1 heterocycles. The van der Waals surface area contributed by atoms with Gasteiger partial charge in [0.05, 0.1) is 0 Å². The molecule has 0 atom stereocenters. The summed E-state index contributed by atoms with van der Waals surface area (Å²) < 4.78 is 25.8. The van der Waals surface area contributed by atoms with Crippen LogP contribution in [0, 0.1) is 11.3 Å². The zero-order valence-electron chi connectivity index (χ0n) is 8.35. The Kier molecular flexibility index (Phi) is 4.68. The highest BCUT2D eigenvalue weighted by molar-refractivity contribution is 7.89. The third-order valence-corrected chi connectivity index (χ3v) is 3.53. The second kappa shape index (κ2) is 5.80. The van der Waals surface area contributed by atoms with Gasteiger partial charge in [-0.3, -0.25) is 0 Å². The van der Waals surface area contributed by atoms with Crippen molar-refractivity contribution in [2.24, 2.45) is 0 Å². The molecule has 0 saturated carbocycles. The molecule has 86 valence electrons. The third kappa shape index (κ3) is 3.17. The summed E-state index contributed by atoms with van der Waals surface area (Å²) in [5, 5.41) is 8.73. The lowest BCUT2D eigenvalue weighted by atomic mass is 10.4. The molecule has 0 aromatic carbocycles. The molecule has 0 bridgehead atoms. The molecule has 0 radical (unpaired) electrons. The number of alkyl halides is 1. The summed E-state index contributed by atoms with van der Waals surface area (Å²) in [5.41, 5.74) is -0.110. The minimum atomic E-state index is -3.67. The lowest BCUT2D eigenvalue weighted by Gasteiger charge is -2.06. The average Bonchev–Trinajstić information content (AvgIpc) is 2.29. The van der Waals surface area contributed by atoms with Gasteiger partial charge in [0.25, 0.3) is 0 Å². The maximum Gasteiger partial charge on any atom is 0.243 e. The molecule has 0 aliphatic carbocycles. The van der Waals surface area contributed by atoms with E-state index in [0.717, 1.165) is 0 Å². The summed E-state index contributed by atoms with van der Waals surface area (Å²) in [6.45, 7) is 0.242. The summed E-state index contributed by atoms with van der Waals surface area (Å²) in [6, 6.07) is 4.55. The van der Waals surface area contributed by atoms with Gasteiger partial charge < -0.3 is 0 Å². The predicted octanol–water partition coefficient (Wildman–Crippen LogP) is 0.860. The van der Waals surface area contributed by atoms with Crippen LogP contribution in [0.25, 0.3) is 0 Å². The van der Waals surface area contributed by atoms with Crippen LogP contribution in [0.3, 0.4) is 0 Å². The number of nitriles is 1. The van der Waals surface area contributed by atoms with Crippen LogP contribution in [0.15, 0.2) is 23.2 Å². The number of hydrogen-bond acceptors (Lipinski definition) is 4. The monoisotopic (exact) mass is 259 g/mol. The second-order valence-electron chi connectivity index (χ2n) is 2.90. The van der Waals surface area contributed by atoms with E-state index in [0.29, 0.717) is 12.3 Å². The molecule has 1 rings (SSSR count). The molecular weight excluding hydrogens is 250 g/mol. The number of nitrogens with zero attached hydrogens (tertiary/aromatic N) is 2. The van der Waals surface area contributed by atoms with Crippen LogP contribution in [-0.4, -0.2) is 25.8 Å². The molecule has 1 aromatic heterocycles. The Morgan fingerprint density at radius 3 is 2.94 bits per heavy atom. The summed E-state index contributed by atoms with van der Waals surface area (Å²) in [7, 11) is -3.67. The predicted molar refractivity (Wildman–Crippen MR) is 59.5 cm³/mol. The van der Waals surface area contributed by atoms with Crippen LogP contribution in [-0.2, 0) is 10.0 Å². The molecule has 1 N–H and O–H groups in total. The van der Waals surface area contributed by atoms with Crippen LogP contribution in [0.4, 0.5) is 0 Å². The van der Waals surface area contributed by atoms with E-state index in [2.05, 4.69) is 9.71 Å². The first-order chi connectivity index (χ1) is 7.61. The lowest BCUT2D eigenvalue weighted by Crippen LogP contribution is -2.26. The summed E-state index contributed by atoms with van der Waals surface area (Å²) in [5.74, 6) is 0.376. The van der Waals surface area contributed by atoms with Crippen molar-refractivity contribution in [3.63, 3.8) is 0 Å². The van der Waals surface area contributed by atoms with Crippen molar-refractivity contribution < 1.29 is 8.42 Å². The number of rotatable bonds is 5. The van der Waals surface area contributed by atoms with E-state index in [-0.39, 0.29) is 17.1 Å². The van der Waals surface area contributed by atoms with Gasteiger partial charge in [0.15, 0.2) is 5.69 Å². The van der Waals surface area contributed by atoms with E-state index in [4.69, 9.17) is 16.9 Å². The van der Waals surface area contributed by atoms with Gasteiger partial charge in [-0.15, -0.1) is 11.6 Å². The van der Waals surface area contributed by atoms with Crippen molar-refractivity contribution in [2.45, 2.75) is 11.3 Å². The van der Waals surface area contributed by atoms with Crippen molar-refractivity contribution in [3.05, 3.63) is 24.0 Å². The van der Waals surface area contributed by atoms with Crippen molar-refractivity contribution in [3.8, 4) is 6.07 Å². The normalized spacial score (nSPS) is 11.0. The number of sulfonamides is 1. The van der Waals surface area contributed by atoms with Gasteiger partial charge in [-0.1, -0.05) is 0 Å². The molecule has 16 heavy (non-hydrogen) atoms. The van der Waals surface area contributed by atoms with E-state index in [1.807, 2.05) is 0 Å². The average molecular weight is 260 g/mol. The Morgan fingerprint density at radius 1 is 1.56 bits per heavy atom. The summed E-state index contributed by atoms with van der Waals surface area (Å²) >= 11 is 5.44. The zero-order valence-corrected chi connectivity index (χ0v) is 9.92. The highest BCUT2D eigenvalue weighted by Gasteiger charge is 2.18. The van der Waals surface area contributed by atoms with Gasteiger partial charge in [-0.05, 0) is 18.6 Å². The van der Waals surface area contributed by atoms with Gasteiger partial charge in [-0.25, -0.2) is 18.1 Å². The first-order valence-corrected chi connectivity index (χ1v) is 6.54. The Labute approximate surface area is 99.1 Å². The molecule has 7 heteroatoms. The fourth-order valence-corrected chi connectivity index (χ4v) is 2.36. The van der Waals surface area contributed by atoms with E-state index in [9.17, 15) is 8.42 Å². The van der Waals surface area contributed by atoms with E-state index >= 15 is 0 Å². The lowest BCUT2D eigenvalue weighted by molar-refractivity contribution is 0.580. The van der Waals surface area contributed by atoms with Crippen molar-refractivity contribution in [2.75, 3.05) is 12.4 Å². The van der Waals surface area contributed by atoms with E-state index < -0.39 is 10.0 Å². The second-order valence-corrected chi connectivity index (χ2v) is 5.02. The maximum absolute atomic E-state index is 11.7. The molecule has 1 aromatic rings. The van der Waals surface area contributed by atoms with Crippen LogP contribution in [0.2, 0.25) is 0 Å². The van der Waals surface area contributed by atoms with Crippen LogP contribution in [0.5, 0.6) is 0 Å². The van der Waals surface area contributed by atoms with Crippen LogP contribution in [0.1, 0.15) is 12.1 Å². The topological polar surface area (TPSA) is 82.8 Å². The third-order valence-electron chi connectivity index (χ3n) is 1.77. The molecule has 5 nitrogen and oxygen atoms in total. The Hall–Kier alpha value is -1.16. The minimum absolute atomic E-state index is 0.105. The first-order valence-electron chi connectivity index (χ1n) is 4.52. The van der Waals surface area contributed by atoms with Crippen LogP contribution >= 0.6 is 11.6 Å². The van der Waals surface area contributed by atoms with Crippen molar-refractivity contribution in [1.82, 2.24) is 9.71 Å². The van der Waals surface area contributed by atoms with Gasteiger partial charge in [0.1, 0.15) is 11.0 Å². The Morgan fingerprint density at radius 2 is 2.31 bits per heavy atom. The van der Waals surface area contributed by atoms with Crippen molar-refractivity contribution >= 4 is 21.6 Å². The molecular formula is C9H10ClN3O2S. The molecule has 0 fully saturated rings. The summed E-state index contributed by atoms with van der Waals surface area (Å²) in [6.07, 6.45) is 1.90. The quantitative estimate of drug-likeness (QED) is 0.628. The van der Waals surface area contributed by atoms with Crippen LogP contribution < -0.4 is 4.72 Å². The standard InChI is InChI=1S/C9H10ClN3O2S/c10-4-2-6-13-16(14,15)9-3-1-5-12-8(9)7-11/h1,3,5,13H,2,4,6H2. The fraction of sp³-hybridized carbons (Fsp3) is 0.333. The molecule has 0 unspecified atom stereocenters. The molecule has 0 saturated heterocycles. The van der Waals surface area contributed by atoms with E-state index in [1.54, 1.807) is 6.07 Å². The maximum atomic E-state index is 11.7. The zero-order chi connectivity index (χ0) is 12.0. The minimum Gasteiger partial charge on any atom is -0.244 e. The van der Waals surface area contributed by atoms with Crippen molar-refractivity contribution in [1.29, 1.82) is 5.26 Å². The van der Waals surface area contributed by atoms with E-state index in [1.165, 1.54) is 18.3 Å². The largest absolute Gasteiger partial charge is 0.244 e. The van der Waals surface area contributed by atoms with Gasteiger partial charge in [0.2, 0.25) is 10.0 Å². The Balaban J connectivity index is 2.95. The SMILES string of the molecule is N#Cc1ncccc1S(=O)(=O)NCCCCl. The van der Waals surface area contributed by atoms with Gasteiger partial charge in [0, 0.05) is 18.6 Å². The number of nitrogens with one attached hydrogen (secondary N) is 1. The molecule has 0 spiro atoms. The number of pyridine rings is 1. The fourth-order valence-electron chi connectivity index (χ4n) is 1.04. The summed E-state index contributed by atoms with van der Waals surface area (Å²) in [4.78, 5) is 3.58. The number of hydrogen-bond donors (Lipinski definition) is 1. The van der Waals surface area contributed by atoms with Gasteiger partial charge >= 0.3 is 0 Å². The first kappa shape index (κ1) is 12.9. The molecule has 0 aliphatic rings. The van der Waals surface area contributed by atoms with Gasteiger partial charge in [-0.2, -0.15) is 5.26 Å². The number of aromatic nitrogens is 1. The highest BCUT2D eigenvalue weighted by Crippen LogP contribution is 2.11. The Bertz CT molecular complexity index is 496. The highest BCUT2D eigenvalue weighted by atomic mass is 35.5. The molecule has 0 aliphatic heterocycles. The number of halogens is 1.